The number of aryl methyl sites for hydroxylation is 1. The first-order valence-electron chi connectivity index (χ1n) is 7.21. The van der Waals surface area contributed by atoms with Crippen molar-refractivity contribution in [1.82, 2.24) is 10.3 Å². The van der Waals surface area contributed by atoms with E-state index in [1.807, 2.05) is 6.20 Å². The number of rotatable bonds is 5. The van der Waals surface area contributed by atoms with E-state index in [9.17, 15) is 0 Å². The standard InChI is InChI=1S/C17H21N3/c1-13-4-3-5-16(10-13)20(2)17-11-14(8-9-18-17)12-19-15-6-7-15/h3-5,8-11,15,19H,6-7,12H2,1-2H3. The van der Waals surface area contributed by atoms with Crippen LogP contribution in [0.4, 0.5) is 11.5 Å². The van der Waals surface area contributed by atoms with E-state index in [0.717, 1.165) is 18.4 Å². The van der Waals surface area contributed by atoms with Gasteiger partial charge in [0.25, 0.3) is 0 Å². The van der Waals surface area contributed by atoms with Crippen LogP contribution >= 0.6 is 0 Å². The molecule has 1 N–H and O–H groups in total. The predicted molar refractivity (Wildman–Crippen MR) is 83.3 cm³/mol. The molecule has 1 aliphatic rings. The Morgan fingerprint density at radius 3 is 2.85 bits per heavy atom. The minimum absolute atomic E-state index is 0.737. The lowest BCUT2D eigenvalue weighted by atomic mass is 10.2. The molecule has 0 bridgehead atoms. The molecule has 0 aliphatic heterocycles. The van der Waals surface area contributed by atoms with Gasteiger partial charge in [-0.25, -0.2) is 4.98 Å². The molecule has 2 aromatic rings. The van der Waals surface area contributed by atoms with Gasteiger partial charge in [-0.1, -0.05) is 12.1 Å². The van der Waals surface area contributed by atoms with Crippen LogP contribution in [-0.2, 0) is 6.54 Å². The zero-order chi connectivity index (χ0) is 13.9. The fourth-order valence-electron chi connectivity index (χ4n) is 2.27. The Morgan fingerprint density at radius 1 is 1.25 bits per heavy atom. The summed E-state index contributed by atoms with van der Waals surface area (Å²) < 4.78 is 0. The molecular formula is C17H21N3. The van der Waals surface area contributed by atoms with Gasteiger partial charge in [-0.05, 0) is 55.2 Å². The number of hydrogen-bond donors (Lipinski definition) is 1. The highest BCUT2D eigenvalue weighted by molar-refractivity contribution is 5.60. The number of pyridine rings is 1. The molecule has 3 heteroatoms. The molecule has 3 nitrogen and oxygen atoms in total. The van der Waals surface area contributed by atoms with Crippen LogP contribution < -0.4 is 10.2 Å². The third-order valence-corrected chi connectivity index (χ3v) is 3.71. The van der Waals surface area contributed by atoms with E-state index in [1.54, 1.807) is 0 Å². The topological polar surface area (TPSA) is 28.2 Å². The van der Waals surface area contributed by atoms with E-state index in [0.29, 0.717) is 0 Å². The lowest BCUT2D eigenvalue weighted by Gasteiger charge is -2.19. The van der Waals surface area contributed by atoms with Gasteiger partial charge in [0, 0.05) is 31.5 Å². The van der Waals surface area contributed by atoms with E-state index in [-0.39, 0.29) is 0 Å². The van der Waals surface area contributed by atoms with Crippen molar-refractivity contribution in [2.45, 2.75) is 32.4 Å². The van der Waals surface area contributed by atoms with Crippen LogP contribution in [-0.4, -0.2) is 18.1 Å². The molecule has 1 heterocycles. The highest BCUT2D eigenvalue weighted by Gasteiger charge is 2.20. The van der Waals surface area contributed by atoms with Crippen LogP contribution in [0.2, 0.25) is 0 Å². The Morgan fingerprint density at radius 2 is 2.10 bits per heavy atom. The van der Waals surface area contributed by atoms with Crippen molar-refractivity contribution >= 4 is 11.5 Å². The van der Waals surface area contributed by atoms with Crippen LogP contribution in [0.1, 0.15) is 24.0 Å². The van der Waals surface area contributed by atoms with Crippen molar-refractivity contribution in [1.29, 1.82) is 0 Å². The molecule has 0 radical (unpaired) electrons. The summed E-state index contributed by atoms with van der Waals surface area (Å²) in [7, 11) is 2.06. The average molecular weight is 267 g/mol. The van der Waals surface area contributed by atoms with E-state index in [4.69, 9.17) is 0 Å². The van der Waals surface area contributed by atoms with Crippen molar-refractivity contribution in [3.05, 3.63) is 53.7 Å². The predicted octanol–water partition coefficient (Wildman–Crippen LogP) is 3.41. The number of anilines is 2. The Kier molecular flexibility index (Phi) is 3.70. The molecule has 0 unspecified atom stereocenters. The largest absolute Gasteiger partial charge is 0.329 e. The van der Waals surface area contributed by atoms with Gasteiger partial charge in [-0.15, -0.1) is 0 Å². The molecule has 0 amide bonds. The molecule has 20 heavy (non-hydrogen) atoms. The highest BCUT2D eigenvalue weighted by atomic mass is 15.2. The van der Waals surface area contributed by atoms with Gasteiger partial charge in [-0.3, -0.25) is 0 Å². The zero-order valence-electron chi connectivity index (χ0n) is 12.1. The SMILES string of the molecule is Cc1cccc(N(C)c2cc(CNC3CC3)ccn2)c1. The minimum atomic E-state index is 0.737. The first-order valence-corrected chi connectivity index (χ1v) is 7.21. The summed E-state index contributed by atoms with van der Waals surface area (Å²) in [5.41, 5.74) is 3.73. The maximum atomic E-state index is 4.49. The van der Waals surface area contributed by atoms with E-state index < -0.39 is 0 Å². The van der Waals surface area contributed by atoms with Gasteiger partial charge in [-0.2, -0.15) is 0 Å². The van der Waals surface area contributed by atoms with Gasteiger partial charge >= 0.3 is 0 Å². The smallest absolute Gasteiger partial charge is 0.132 e. The fourth-order valence-corrected chi connectivity index (χ4v) is 2.27. The number of nitrogens with zero attached hydrogens (tertiary/aromatic N) is 2. The summed E-state index contributed by atoms with van der Waals surface area (Å²) in [6, 6.07) is 13.5. The quantitative estimate of drug-likeness (QED) is 0.900. The van der Waals surface area contributed by atoms with Gasteiger partial charge in [0.1, 0.15) is 5.82 Å². The number of nitrogens with one attached hydrogen (secondary N) is 1. The van der Waals surface area contributed by atoms with E-state index in [1.165, 1.54) is 29.7 Å². The molecule has 1 fully saturated rings. The normalized spacial score (nSPS) is 14.3. The average Bonchev–Trinajstić information content (AvgIpc) is 3.29. The highest BCUT2D eigenvalue weighted by Crippen LogP contribution is 2.24. The number of aromatic nitrogens is 1. The molecular weight excluding hydrogens is 246 g/mol. The first-order chi connectivity index (χ1) is 9.72. The number of hydrogen-bond acceptors (Lipinski definition) is 3. The second-order valence-electron chi connectivity index (χ2n) is 5.58. The van der Waals surface area contributed by atoms with Crippen LogP contribution in [0, 0.1) is 6.92 Å². The van der Waals surface area contributed by atoms with Crippen molar-refractivity contribution < 1.29 is 0 Å². The summed E-state index contributed by atoms with van der Waals surface area (Å²) in [4.78, 5) is 6.62. The minimum Gasteiger partial charge on any atom is -0.329 e. The van der Waals surface area contributed by atoms with Crippen LogP contribution in [0.25, 0.3) is 0 Å². The Labute approximate surface area is 120 Å². The maximum absolute atomic E-state index is 4.49. The first kappa shape index (κ1) is 13.1. The van der Waals surface area contributed by atoms with Gasteiger partial charge in [0.2, 0.25) is 0 Å². The Hall–Kier alpha value is -1.87. The summed E-state index contributed by atoms with van der Waals surface area (Å²) in [5, 5.41) is 3.54. The molecule has 0 saturated heterocycles. The second kappa shape index (κ2) is 5.63. The third-order valence-electron chi connectivity index (χ3n) is 3.71. The summed E-state index contributed by atoms with van der Waals surface area (Å²) >= 11 is 0. The number of benzene rings is 1. The summed E-state index contributed by atoms with van der Waals surface area (Å²) in [6.07, 6.45) is 4.54. The van der Waals surface area contributed by atoms with Gasteiger partial charge in [0.15, 0.2) is 0 Å². The van der Waals surface area contributed by atoms with Gasteiger partial charge < -0.3 is 10.2 Å². The van der Waals surface area contributed by atoms with Crippen molar-refractivity contribution in [3.8, 4) is 0 Å². The Bertz CT molecular complexity index is 590. The summed E-state index contributed by atoms with van der Waals surface area (Å²) in [6.45, 7) is 3.04. The van der Waals surface area contributed by atoms with Crippen LogP contribution in [0.15, 0.2) is 42.6 Å². The van der Waals surface area contributed by atoms with Crippen LogP contribution in [0.3, 0.4) is 0 Å². The lowest BCUT2D eigenvalue weighted by molar-refractivity contribution is 0.687. The van der Waals surface area contributed by atoms with Crippen molar-refractivity contribution in [2.75, 3.05) is 11.9 Å². The molecule has 1 saturated carbocycles. The van der Waals surface area contributed by atoms with Crippen molar-refractivity contribution in [3.63, 3.8) is 0 Å². The third kappa shape index (κ3) is 3.17. The molecule has 0 spiro atoms. The molecule has 3 rings (SSSR count). The molecule has 1 aromatic heterocycles. The van der Waals surface area contributed by atoms with Crippen molar-refractivity contribution in [2.24, 2.45) is 0 Å². The zero-order valence-corrected chi connectivity index (χ0v) is 12.1. The van der Waals surface area contributed by atoms with Crippen LogP contribution in [0.5, 0.6) is 0 Å². The summed E-state index contributed by atoms with van der Waals surface area (Å²) in [5.74, 6) is 0.991. The van der Waals surface area contributed by atoms with E-state index in [2.05, 4.69) is 65.6 Å². The molecule has 0 atom stereocenters. The van der Waals surface area contributed by atoms with Gasteiger partial charge in [0.05, 0.1) is 0 Å². The fraction of sp³-hybridized carbons (Fsp3) is 0.353. The molecule has 1 aromatic carbocycles. The Balaban J connectivity index is 1.76. The lowest BCUT2D eigenvalue weighted by Crippen LogP contribution is -2.16. The maximum Gasteiger partial charge on any atom is 0.132 e. The van der Waals surface area contributed by atoms with E-state index >= 15 is 0 Å². The monoisotopic (exact) mass is 267 g/mol. The molecule has 1 aliphatic carbocycles. The second-order valence-corrected chi connectivity index (χ2v) is 5.58. The molecule has 104 valence electrons.